The van der Waals surface area contributed by atoms with Crippen molar-refractivity contribution >= 4 is 11.6 Å². The zero-order chi connectivity index (χ0) is 13.8. The number of aromatic nitrogens is 2. The minimum Gasteiger partial charge on any atom is -0.423 e. The van der Waals surface area contributed by atoms with E-state index in [1.54, 1.807) is 6.07 Å². The van der Waals surface area contributed by atoms with Crippen molar-refractivity contribution in [2.24, 2.45) is 5.73 Å². The molecule has 0 fully saturated rings. The van der Waals surface area contributed by atoms with Crippen LogP contribution in [0.4, 0.5) is 5.69 Å². The molecule has 0 aliphatic carbocycles. The largest absolute Gasteiger partial charge is 0.423 e. The number of benzene rings is 1. The highest BCUT2D eigenvalue weighted by Crippen LogP contribution is 2.23. The van der Waals surface area contributed by atoms with Crippen LogP contribution in [-0.2, 0) is 4.79 Å². The van der Waals surface area contributed by atoms with Crippen LogP contribution in [-0.4, -0.2) is 22.1 Å². The smallest absolute Gasteiger partial charge is 0.247 e. The molecule has 1 unspecified atom stereocenters. The van der Waals surface area contributed by atoms with Crippen molar-refractivity contribution in [1.29, 1.82) is 0 Å². The summed E-state index contributed by atoms with van der Waals surface area (Å²) >= 11 is 0. The molecule has 19 heavy (non-hydrogen) atoms. The van der Waals surface area contributed by atoms with E-state index in [9.17, 15) is 4.79 Å². The van der Waals surface area contributed by atoms with Crippen LogP contribution in [0.2, 0.25) is 0 Å². The van der Waals surface area contributed by atoms with Gasteiger partial charge in [0.2, 0.25) is 18.2 Å². The topological polar surface area (TPSA) is 94.0 Å². The highest BCUT2D eigenvalue weighted by molar-refractivity contribution is 5.95. The SMILES string of the molecule is CCC(N)C(=O)Nc1cc(-c2nnco2)ccc1C. The fourth-order valence-electron chi connectivity index (χ4n) is 1.60. The van der Waals surface area contributed by atoms with Gasteiger partial charge in [0, 0.05) is 11.3 Å². The van der Waals surface area contributed by atoms with Gasteiger partial charge in [0.1, 0.15) is 0 Å². The fourth-order valence-corrected chi connectivity index (χ4v) is 1.60. The number of carbonyl (C=O) groups excluding carboxylic acids is 1. The van der Waals surface area contributed by atoms with Gasteiger partial charge in [-0.25, -0.2) is 0 Å². The average Bonchev–Trinajstić information content (AvgIpc) is 2.94. The number of hydrogen-bond donors (Lipinski definition) is 2. The number of carbonyl (C=O) groups is 1. The third kappa shape index (κ3) is 2.97. The van der Waals surface area contributed by atoms with E-state index in [1.165, 1.54) is 6.39 Å². The number of aryl methyl sites for hydroxylation is 1. The Labute approximate surface area is 111 Å². The molecule has 2 rings (SSSR count). The van der Waals surface area contributed by atoms with Crippen molar-refractivity contribution in [3.63, 3.8) is 0 Å². The highest BCUT2D eigenvalue weighted by atomic mass is 16.4. The zero-order valence-electron chi connectivity index (χ0n) is 10.9. The predicted octanol–water partition coefficient (Wildman–Crippen LogP) is 1.72. The average molecular weight is 260 g/mol. The standard InChI is InChI=1S/C13H16N4O2/c1-3-10(14)12(18)16-11-6-9(5-4-8(11)2)13-17-15-7-19-13/h4-7,10H,3,14H2,1-2H3,(H,16,18). The zero-order valence-corrected chi connectivity index (χ0v) is 10.9. The lowest BCUT2D eigenvalue weighted by Gasteiger charge is -2.12. The third-order valence-corrected chi connectivity index (χ3v) is 2.88. The number of hydrogen-bond acceptors (Lipinski definition) is 5. The molecule has 1 aromatic heterocycles. The first-order valence-corrected chi connectivity index (χ1v) is 6.05. The normalized spacial score (nSPS) is 12.2. The van der Waals surface area contributed by atoms with Crippen LogP contribution in [0.25, 0.3) is 11.5 Å². The second-order valence-electron chi connectivity index (χ2n) is 4.28. The van der Waals surface area contributed by atoms with E-state index in [0.717, 1.165) is 11.1 Å². The molecule has 1 amide bonds. The van der Waals surface area contributed by atoms with E-state index in [-0.39, 0.29) is 5.91 Å². The second-order valence-corrected chi connectivity index (χ2v) is 4.28. The minimum atomic E-state index is -0.508. The van der Waals surface area contributed by atoms with Gasteiger partial charge in [-0.3, -0.25) is 4.79 Å². The first kappa shape index (κ1) is 13.2. The first-order chi connectivity index (χ1) is 9.11. The van der Waals surface area contributed by atoms with Crippen molar-refractivity contribution in [2.45, 2.75) is 26.3 Å². The van der Waals surface area contributed by atoms with Gasteiger partial charge in [0.15, 0.2) is 0 Å². The maximum atomic E-state index is 11.8. The summed E-state index contributed by atoms with van der Waals surface area (Å²) in [4.78, 5) is 11.8. The van der Waals surface area contributed by atoms with Crippen LogP contribution in [0, 0.1) is 6.92 Å². The number of nitrogens with two attached hydrogens (primary N) is 1. The summed E-state index contributed by atoms with van der Waals surface area (Å²) in [5.74, 6) is 0.212. The number of nitrogens with one attached hydrogen (secondary N) is 1. The molecule has 2 aromatic rings. The Morgan fingerprint density at radius 3 is 2.95 bits per heavy atom. The van der Waals surface area contributed by atoms with E-state index >= 15 is 0 Å². The van der Waals surface area contributed by atoms with E-state index in [1.807, 2.05) is 26.0 Å². The molecule has 6 nitrogen and oxygen atoms in total. The number of anilines is 1. The molecule has 0 bridgehead atoms. The summed E-state index contributed by atoms with van der Waals surface area (Å²) in [6.07, 6.45) is 1.86. The Bertz CT molecular complexity index is 566. The summed E-state index contributed by atoms with van der Waals surface area (Å²) in [7, 11) is 0. The van der Waals surface area contributed by atoms with Gasteiger partial charge in [-0.05, 0) is 31.0 Å². The van der Waals surface area contributed by atoms with Gasteiger partial charge in [-0.15, -0.1) is 10.2 Å². The fraction of sp³-hybridized carbons (Fsp3) is 0.308. The molecule has 1 heterocycles. The van der Waals surface area contributed by atoms with Crippen molar-refractivity contribution in [2.75, 3.05) is 5.32 Å². The molecule has 0 saturated heterocycles. The lowest BCUT2D eigenvalue weighted by atomic mass is 10.1. The summed E-state index contributed by atoms with van der Waals surface area (Å²) in [5.41, 5.74) is 8.09. The van der Waals surface area contributed by atoms with Gasteiger partial charge in [-0.2, -0.15) is 0 Å². The number of nitrogens with zero attached hydrogens (tertiary/aromatic N) is 2. The van der Waals surface area contributed by atoms with Gasteiger partial charge >= 0.3 is 0 Å². The first-order valence-electron chi connectivity index (χ1n) is 6.05. The van der Waals surface area contributed by atoms with Gasteiger partial charge in [0.25, 0.3) is 0 Å². The molecule has 0 saturated carbocycles. The van der Waals surface area contributed by atoms with Gasteiger partial charge in [0.05, 0.1) is 6.04 Å². The van der Waals surface area contributed by atoms with Crippen LogP contribution >= 0.6 is 0 Å². The van der Waals surface area contributed by atoms with E-state index in [0.29, 0.717) is 18.0 Å². The van der Waals surface area contributed by atoms with Crippen molar-refractivity contribution in [3.05, 3.63) is 30.2 Å². The monoisotopic (exact) mass is 260 g/mol. The van der Waals surface area contributed by atoms with E-state index in [4.69, 9.17) is 10.2 Å². The predicted molar refractivity (Wildman–Crippen MR) is 71.4 cm³/mol. The number of rotatable bonds is 4. The molecule has 6 heteroatoms. The molecule has 1 atom stereocenters. The molecule has 3 N–H and O–H groups in total. The highest BCUT2D eigenvalue weighted by Gasteiger charge is 2.13. The molecule has 0 aliphatic heterocycles. The molecular formula is C13H16N4O2. The van der Waals surface area contributed by atoms with Crippen LogP contribution in [0.3, 0.4) is 0 Å². The van der Waals surface area contributed by atoms with E-state index in [2.05, 4.69) is 15.5 Å². The van der Waals surface area contributed by atoms with Crippen LogP contribution < -0.4 is 11.1 Å². The molecule has 1 aromatic carbocycles. The molecular weight excluding hydrogens is 244 g/mol. The van der Waals surface area contributed by atoms with Gasteiger partial charge < -0.3 is 15.5 Å². The maximum absolute atomic E-state index is 11.8. The minimum absolute atomic E-state index is 0.201. The summed E-state index contributed by atoms with van der Waals surface area (Å²) in [5, 5.41) is 10.3. The lowest BCUT2D eigenvalue weighted by molar-refractivity contribution is -0.117. The Morgan fingerprint density at radius 1 is 1.53 bits per heavy atom. The molecule has 100 valence electrons. The van der Waals surface area contributed by atoms with Crippen LogP contribution in [0.1, 0.15) is 18.9 Å². The van der Waals surface area contributed by atoms with Crippen molar-refractivity contribution in [1.82, 2.24) is 10.2 Å². The maximum Gasteiger partial charge on any atom is 0.247 e. The van der Waals surface area contributed by atoms with Crippen molar-refractivity contribution < 1.29 is 9.21 Å². The Balaban J connectivity index is 2.25. The lowest BCUT2D eigenvalue weighted by Crippen LogP contribution is -2.35. The Morgan fingerprint density at radius 2 is 2.32 bits per heavy atom. The molecule has 0 spiro atoms. The van der Waals surface area contributed by atoms with Crippen LogP contribution in [0.15, 0.2) is 29.0 Å². The summed E-state index contributed by atoms with van der Waals surface area (Å²) in [6, 6.07) is 5.03. The van der Waals surface area contributed by atoms with Crippen LogP contribution in [0.5, 0.6) is 0 Å². The Kier molecular flexibility index (Phi) is 3.91. The summed E-state index contributed by atoms with van der Waals surface area (Å²) in [6.45, 7) is 3.77. The third-order valence-electron chi connectivity index (χ3n) is 2.88. The quantitative estimate of drug-likeness (QED) is 0.872. The number of amides is 1. The second kappa shape index (κ2) is 5.62. The molecule has 0 aliphatic rings. The Hall–Kier alpha value is -2.21. The molecule has 0 radical (unpaired) electrons. The van der Waals surface area contributed by atoms with Gasteiger partial charge in [-0.1, -0.05) is 13.0 Å². The van der Waals surface area contributed by atoms with E-state index < -0.39 is 6.04 Å². The van der Waals surface area contributed by atoms with Crippen molar-refractivity contribution in [3.8, 4) is 11.5 Å². The summed E-state index contributed by atoms with van der Waals surface area (Å²) < 4.78 is 5.13.